The van der Waals surface area contributed by atoms with Gasteiger partial charge in [-0.15, -0.1) is 0 Å². The second-order valence-electron chi connectivity index (χ2n) is 9.93. The van der Waals surface area contributed by atoms with Crippen LogP contribution < -0.4 is 9.64 Å². The van der Waals surface area contributed by atoms with E-state index >= 15 is 0 Å². The van der Waals surface area contributed by atoms with Gasteiger partial charge in [-0.1, -0.05) is 54.1 Å². The summed E-state index contributed by atoms with van der Waals surface area (Å²) in [6.45, 7) is 2.04. The number of carbonyl (C=O) groups excluding carboxylic acids is 2. The van der Waals surface area contributed by atoms with E-state index in [2.05, 4.69) is 24.3 Å². The van der Waals surface area contributed by atoms with Crippen LogP contribution in [0.3, 0.4) is 0 Å². The second kappa shape index (κ2) is 10.6. The minimum absolute atomic E-state index is 0.00367. The van der Waals surface area contributed by atoms with E-state index in [-0.39, 0.29) is 30.4 Å². The number of aliphatic carboxylic acids is 1. The Morgan fingerprint density at radius 1 is 0.947 bits per heavy atom. The molecule has 1 aliphatic heterocycles. The van der Waals surface area contributed by atoms with Crippen molar-refractivity contribution < 1.29 is 24.2 Å². The fourth-order valence-electron chi connectivity index (χ4n) is 5.54. The number of ether oxygens (including phenoxy) is 1. The molecule has 3 aromatic rings. The summed E-state index contributed by atoms with van der Waals surface area (Å²) in [5.74, 6) is -1.37. The van der Waals surface area contributed by atoms with Crippen molar-refractivity contribution in [3.05, 3.63) is 89.5 Å². The molecule has 0 aromatic heterocycles. The number of carboxylic acids is 1. The number of amides is 1. The van der Waals surface area contributed by atoms with E-state index in [1.807, 2.05) is 55.5 Å². The van der Waals surface area contributed by atoms with E-state index in [0.717, 1.165) is 22.4 Å². The van der Waals surface area contributed by atoms with Crippen molar-refractivity contribution in [2.75, 3.05) is 12.0 Å². The molecular weight excluding hydrogens is 480 g/mol. The highest BCUT2D eigenvalue weighted by Gasteiger charge is 2.46. The molecular formula is C31H30N2O5. The van der Waals surface area contributed by atoms with Crippen LogP contribution in [0.15, 0.2) is 77.8 Å². The highest BCUT2D eigenvalue weighted by atomic mass is 16.5. The van der Waals surface area contributed by atoms with Gasteiger partial charge >= 0.3 is 5.97 Å². The van der Waals surface area contributed by atoms with E-state index in [1.165, 1.54) is 0 Å². The van der Waals surface area contributed by atoms with E-state index in [4.69, 9.17) is 9.73 Å². The monoisotopic (exact) mass is 510 g/mol. The summed E-state index contributed by atoms with van der Waals surface area (Å²) in [4.78, 5) is 45.6. The Morgan fingerprint density at radius 3 is 2.32 bits per heavy atom. The molecule has 3 atom stereocenters. The van der Waals surface area contributed by atoms with Crippen molar-refractivity contribution >= 4 is 34.7 Å². The fourth-order valence-corrected chi connectivity index (χ4v) is 5.54. The minimum Gasteiger partial charge on any atom is -0.497 e. The largest absolute Gasteiger partial charge is 0.497 e. The Bertz CT molecular complexity index is 1390. The molecule has 3 unspecified atom stereocenters. The molecule has 38 heavy (non-hydrogen) atoms. The van der Waals surface area contributed by atoms with Crippen molar-refractivity contribution in [3.63, 3.8) is 0 Å². The Hall–Kier alpha value is -4.26. The Balaban J connectivity index is 1.64. The SMILES string of the molecule is COc1ccc(C2C3C(=O)CC(c4ccc(C)cc4)CC3=Nc3ccccc3N2C(=O)CCC(=O)O)cc1. The summed E-state index contributed by atoms with van der Waals surface area (Å²) in [7, 11) is 1.58. The number of ketones is 1. The van der Waals surface area contributed by atoms with Crippen LogP contribution in [0.25, 0.3) is 0 Å². The van der Waals surface area contributed by atoms with E-state index < -0.39 is 17.9 Å². The maximum atomic E-state index is 14.0. The maximum Gasteiger partial charge on any atom is 0.303 e. The molecule has 0 radical (unpaired) electrons. The van der Waals surface area contributed by atoms with Gasteiger partial charge in [0, 0.05) is 18.6 Å². The summed E-state index contributed by atoms with van der Waals surface area (Å²) in [5, 5.41) is 9.27. The van der Waals surface area contributed by atoms with Gasteiger partial charge < -0.3 is 14.7 Å². The molecule has 1 amide bonds. The molecule has 3 aromatic carbocycles. The number of methoxy groups -OCH3 is 1. The number of para-hydroxylation sites is 2. The number of rotatable bonds is 6. The van der Waals surface area contributed by atoms with Gasteiger partial charge in [-0.3, -0.25) is 19.4 Å². The van der Waals surface area contributed by atoms with Crippen molar-refractivity contribution in [3.8, 4) is 5.75 Å². The van der Waals surface area contributed by atoms with Crippen LogP contribution >= 0.6 is 0 Å². The minimum atomic E-state index is -1.05. The Kier molecular flexibility index (Phi) is 7.09. The number of aryl methyl sites for hydroxylation is 1. The molecule has 0 saturated heterocycles. The molecule has 1 N–H and O–H groups in total. The summed E-state index contributed by atoms with van der Waals surface area (Å²) in [5.41, 5.74) is 4.94. The lowest BCUT2D eigenvalue weighted by molar-refractivity contribution is -0.138. The lowest BCUT2D eigenvalue weighted by Gasteiger charge is -2.39. The molecule has 7 heteroatoms. The van der Waals surface area contributed by atoms with Gasteiger partial charge in [-0.2, -0.15) is 0 Å². The Morgan fingerprint density at radius 2 is 1.63 bits per heavy atom. The van der Waals surface area contributed by atoms with Gasteiger partial charge in [0.15, 0.2) is 0 Å². The van der Waals surface area contributed by atoms with E-state index in [1.54, 1.807) is 12.0 Å². The van der Waals surface area contributed by atoms with Crippen LogP contribution in [0.2, 0.25) is 0 Å². The highest BCUT2D eigenvalue weighted by molar-refractivity contribution is 6.13. The number of fused-ring (bicyclic) bond motifs is 2. The van der Waals surface area contributed by atoms with Gasteiger partial charge in [0.2, 0.25) is 5.91 Å². The summed E-state index contributed by atoms with van der Waals surface area (Å²) in [6.07, 6.45) is 0.456. The normalized spacial score (nSPS) is 20.6. The quantitative estimate of drug-likeness (QED) is 0.453. The molecule has 5 rings (SSSR count). The molecule has 7 nitrogen and oxygen atoms in total. The summed E-state index contributed by atoms with van der Waals surface area (Å²) >= 11 is 0. The highest BCUT2D eigenvalue weighted by Crippen LogP contribution is 2.47. The van der Waals surface area contributed by atoms with Gasteiger partial charge in [0.05, 0.1) is 36.9 Å². The molecule has 1 saturated carbocycles. The zero-order valence-corrected chi connectivity index (χ0v) is 21.5. The smallest absolute Gasteiger partial charge is 0.303 e. The number of carbonyl (C=O) groups is 3. The van der Waals surface area contributed by atoms with Crippen LogP contribution in [0.1, 0.15) is 54.3 Å². The molecule has 1 heterocycles. The van der Waals surface area contributed by atoms with Crippen LogP contribution in [-0.2, 0) is 14.4 Å². The van der Waals surface area contributed by atoms with Crippen molar-refractivity contribution in [2.24, 2.45) is 10.9 Å². The average Bonchev–Trinajstić information content (AvgIpc) is 3.07. The maximum absolute atomic E-state index is 14.0. The topological polar surface area (TPSA) is 96.3 Å². The lowest BCUT2D eigenvalue weighted by Crippen LogP contribution is -2.45. The number of hydrogen-bond donors (Lipinski definition) is 1. The van der Waals surface area contributed by atoms with Gasteiger partial charge in [0.25, 0.3) is 0 Å². The number of hydrogen-bond acceptors (Lipinski definition) is 5. The molecule has 2 aliphatic rings. The number of anilines is 1. The first-order valence-electron chi connectivity index (χ1n) is 12.8. The molecule has 0 spiro atoms. The molecule has 1 aliphatic carbocycles. The van der Waals surface area contributed by atoms with Gasteiger partial charge in [0.1, 0.15) is 11.5 Å². The molecule has 0 bridgehead atoms. The predicted molar refractivity (Wildman–Crippen MR) is 145 cm³/mol. The van der Waals surface area contributed by atoms with Crippen LogP contribution in [0.5, 0.6) is 5.75 Å². The third-order valence-electron chi connectivity index (χ3n) is 7.44. The van der Waals surface area contributed by atoms with E-state index in [9.17, 15) is 19.5 Å². The average molecular weight is 511 g/mol. The van der Waals surface area contributed by atoms with Crippen LogP contribution in [0.4, 0.5) is 11.4 Å². The van der Waals surface area contributed by atoms with Crippen LogP contribution in [-0.4, -0.2) is 35.6 Å². The summed E-state index contributed by atoms with van der Waals surface area (Å²) < 4.78 is 5.34. The first-order chi connectivity index (χ1) is 18.4. The molecule has 1 fully saturated rings. The number of nitrogens with zero attached hydrogens (tertiary/aromatic N) is 2. The van der Waals surface area contributed by atoms with Gasteiger partial charge in [-0.25, -0.2) is 0 Å². The third-order valence-corrected chi connectivity index (χ3v) is 7.44. The van der Waals surface area contributed by atoms with E-state index in [0.29, 0.717) is 30.0 Å². The van der Waals surface area contributed by atoms with Crippen LogP contribution in [0, 0.1) is 12.8 Å². The zero-order valence-electron chi connectivity index (χ0n) is 21.5. The van der Waals surface area contributed by atoms with Crippen molar-refractivity contribution in [1.29, 1.82) is 0 Å². The van der Waals surface area contributed by atoms with Crippen molar-refractivity contribution in [1.82, 2.24) is 0 Å². The Labute approximate surface area is 221 Å². The number of carboxylic acid groups (broad SMARTS) is 1. The third kappa shape index (κ3) is 4.96. The predicted octanol–water partition coefficient (Wildman–Crippen LogP) is 5.79. The summed E-state index contributed by atoms with van der Waals surface area (Å²) in [6, 6.07) is 22.3. The molecule has 194 valence electrons. The lowest BCUT2D eigenvalue weighted by atomic mass is 9.72. The van der Waals surface area contributed by atoms with Gasteiger partial charge in [-0.05, 0) is 54.7 Å². The zero-order chi connectivity index (χ0) is 26.8. The number of Topliss-reactive ketones (excluding diaryl/α,β-unsaturated/α-hetero) is 1. The first kappa shape index (κ1) is 25.4. The number of benzene rings is 3. The standard InChI is InChI=1S/C31H30N2O5/c1-19-7-9-20(10-8-19)22-17-25-30(27(34)18-22)31(21-11-13-23(38-2)14-12-21)33(28(35)15-16-29(36)37)26-6-4-3-5-24(26)32-25/h3-14,22,30-31H,15-18H2,1-2H3,(H,36,37). The second-order valence-corrected chi connectivity index (χ2v) is 9.93. The number of aliphatic imine (C=N–C) groups is 1. The van der Waals surface area contributed by atoms with Crippen molar-refractivity contribution in [2.45, 2.75) is 44.6 Å². The fraction of sp³-hybridized carbons (Fsp3) is 0.290. The first-order valence-corrected chi connectivity index (χ1v) is 12.8.